The van der Waals surface area contributed by atoms with E-state index in [1.54, 1.807) is 0 Å². The molecule has 0 aliphatic heterocycles. The lowest BCUT2D eigenvalue weighted by atomic mass is 10.1. The molecule has 0 saturated carbocycles. The van der Waals surface area contributed by atoms with Gasteiger partial charge in [0.2, 0.25) is 0 Å². The van der Waals surface area contributed by atoms with Gasteiger partial charge in [-0.05, 0) is 25.5 Å². The van der Waals surface area contributed by atoms with E-state index in [-0.39, 0.29) is 0 Å². The van der Waals surface area contributed by atoms with Crippen LogP contribution in [0.5, 0.6) is 0 Å². The molecule has 1 N–H and O–H groups in total. The van der Waals surface area contributed by atoms with E-state index in [1.165, 1.54) is 0 Å². The molecule has 0 unspecified atom stereocenters. The van der Waals surface area contributed by atoms with Gasteiger partial charge in [-0.1, -0.05) is 42.6 Å². The Bertz CT molecular complexity index is 329. The zero-order valence-corrected chi connectivity index (χ0v) is 8.69. The standard InChI is InChI=1S/C11H13NS/c1-3-6-10-7-4-5-8-11(10)12-9(2)13/h3-8H,1-2H3,(H,12,13)/b6-3+. The maximum Gasteiger partial charge on any atom is 0.0765 e. The summed E-state index contributed by atoms with van der Waals surface area (Å²) < 4.78 is 0. The molecule has 0 aliphatic rings. The summed E-state index contributed by atoms with van der Waals surface area (Å²) in [5, 5.41) is 3.14. The van der Waals surface area contributed by atoms with Crippen LogP contribution >= 0.6 is 12.2 Å². The van der Waals surface area contributed by atoms with Gasteiger partial charge >= 0.3 is 0 Å². The third-order valence-electron chi connectivity index (χ3n) is 1.62. The highest BCUT2D eigenvalue weighted by atomic mass is 32.1. The fourth-order valence-electron chi connectivity index (χ4n) is 1.13. The first-order valence-electron chi connectivity index (χ1n) is 4.23. The van der Waals surface area contributed by atoms with Crippen molar-refractivity contribution in [2.75, 3.05) is 5.32 Å². The molecule has 1 rings (SSSR count). The van der Waals surface area contributed by atoms with Gasteiger partial charge in [-0.15, -0.1) is 0 Å². The Morgan fingerprint density at radius 2 is 2.08 bits per heavy atom. The van der Waals surface area contributed by atoms with Crippen molar-refractivity contribution in [1.82, 2.24) is 0 Å². The summed E-state index contributed by atoms with van der Waals surface area (Å²) >= 11 is 4.99. The molecule has 0 bridgehead atoms. The van der Waals surface area contributed by atoms with E-state index in [4.69, 9.17) is 12.2 Å². The number of hydrogen-bond donors (Lipinski definition) is 1. The van der Waals surface area contributed by atoms with Crippen LogP contribution < -0.4 is 5.32 Å². The van der Waals surface area contributed by atoms with E-state index in [0.29, 0.717) is 0 Å². The fraction of sp³-hybridized carbons (Fsp3) is 0.182. The molecule has 0 fully saturated rings. The SMILES string of the molecule is C/C=C/c1ccccc1NC(C)=S. The van der Waals surface area contributed by atoms with Crippen LogP contribution in [0.2, 0.25) is 0 Å². The van der Waals surface area contributed by atoms with Crippen molar-refractivity contribution in [3.05, 3.63) is 35.9 Å². The van der Waals surface area contributed by atoms with E-state index < -0.39 is 0 Å². The van der Waals surface area contributed by atoms with Crippen molar-refractivity contribution < 1.29 is 0 Å². The van der Waals surface area contributed by atoms with Gasteiger partial charge in [0.05, 0.1) is 4.99 Å². The highest BCUT2D eigenvalue weighted by molar-refractivity contribution is 7.80. The summed E-state index contributed by atoms with van der Waals surface area (Å²) in [6.07, 6.45) is 4.07. The van der Waals surface area contributed by atoms with Crippen LogP contribution in [-0.4, -0.2) is 4.99 Å². The number of thiocarbonyl (C=S) groups is 1. The molecule has 0 aliphatic carbocycles. The average Bonchev–Trinajstić information content (AvgIpc) is 2.08. The molecule has 0 spiro atoms. The van der Waals surface area contributed by atoms with Gasteiger partial charge < -0.3 is 5.32 Å². The molecule has 0 aromatic heterocycles. The van der Waals surface area contributed by atoms with Crippen LogP contribution in [0.15, 0.2) is 30.3 Å². The second-order valence-corrected chi connectivity index (χ2v) is 3.38. The van der Waals surface area contributed by atoms with Crippen molar-refractivity contribution in [2.24, 2.45) is 0 Å². The fourth-order valence-corrected chi connectivity index (χ4v) is 1.24. The van der Waals surface area contributed by atoms with Crippen LogP contribution in [0.1, 0.15) is 19.4 Å². The van der Waals surface area contributed by atoms with Gasteiger partial charge in [0, 0.05) is 5.69 Å². The van der Waals surface area contributed by atoms with Crippen molar-refractivity contribution in [3.63, 3.8) is 0 Å². The number of nitrogens with one attached hydrogen (secondary N) is 1. The molecular formula is C11H13NS. The lowest BCUT2D eigenvalue weighted by molar-refractivity contribution is 1.59. The molecule has 0 atom stereocenters. The lowest BCUT2D eigenvalue weighted by Crippen LogP contribution is -2.04. The smallest absolute Gasteiger partial charge is 0.0765 e. The number of hydrogen-bond acceptors (Lipinski definition) is 1. The van der Waals surface area contributed by atoms with Crippen LogP contribution in [0.25, 0.3) is 6.08 Å². The van der Waals surface area contributed by atoms with Crippen LogP contribution in [0, 0.1) is 0 Å². The number of allylic oxidation sites excluding steroid dienone is 1. The van der Waals surface area contributed by atoms with Gasteiger partial charge in [-0.25, -0.2) is 0 Å². The molecule has 1 aromatic rings. The highest BCUT2D eigenvalue weighted by Gasteiger charge is 1.96. The Labute approximate surface area is 84.5 Å². The Kier molecular flexibility index (Phi) is 3.65. The van der Waals surface area contributed by atoms with E-state index in [9.17, 15) is 0 Å². The molecule has 68 valence electrons. The minimum atomic E-state index is 0.789. The first kappa shape index (κ1) is 9.93. The van der Waals surface area contributed by atoms with E-state index in [1.807, 2.05) is 38.1 Å². The lowest BCUT2D eigenvalue weighted by Gasteiger charge is -2.06. The van der Waals surface area contributed by atoms with Gasteiger partial charge in [-0.2, -0.15) is 0 Å². The second-order valence-electron chi connectivity index (χ2n) is 2.77. The minimum absolute atomic E-state index is 0.789. The molecule has 1 aromatic carbocycles. The molecular weight excluding hydrogens is 178 g/mol. The quantitative estimate of drug-likeness (QED) is 0.718. The first-order valence-corrected chi connectivity index (χ1v) is 4.64. The molecule has 2 heteroatoms. The predicted octanol–water partition coefficient (Wildman–Crippen LogP) is 3.48. The molecule has 13 heavy (non-hydrogen) atoms. The predicted molar refractivity (Wildman–Crippen MR) is 63.0 cm³/mol. The average molecular weight is 191 g/mol. The van der Waals surface area contributed by atoms with Crippen LogP contribution in [0.4, 0.5) is 5.69 Å². The summed E-state index contributed by atoms with van der Waals surface area (Å²) in [6, 6.07) is 8.08. The molecule has 0 radical (unpaired) electrons. The Hall–Kier alpha value is -1.15. The van der Waals surface area contributed by atoms with Crippen LogP contribution in [0.3, 0.4) is 0 Å². The van der Waals surface area contributed by atoms with Crippen molar-refractivity contribution in [2.45, 2.75) is 13.8 Å². The third-order valence-corrected chi connectivity index (χ3v) is 1.72. The molecule has 0 heterocycles. The summed E-state index contributed by atoms with van der Waals surface area (Å²) in [5.74, 6) is 0. The zero-order valence-electron chi connectivity index (χ0n) is 7.87. The Balaban J connectivity index is 2.97. The maximum atomic E-state index is 4.99. The van der Waals surface area contributed by atoms with Gasteiger partial charge in [0.15, 0.2) is 0 Å². The van der Waals surface area contributed by atoms with Crippen LogP contribution in [-0.2, 0) is 0 Å². The van der Waals surface area contributed by atoms with E-state index >= 15 is 0 Å². The summed E-state index contributed by atoms with van der Waals surface area (Å²) in [4.78, 5) is 0.789. The van der Waals surface area contributed by atoms with Crippen molar-refractivity contribution in [3.8, 4) is 0 Å². The van der Waals surface area contributed by atoms with Crippen molar-refractivity contribution in [1.29, 1.82) is 0 Å². The topological polar surface area (TPSA) is 12.0 Å². The normalized spacial score (nSPS) is 10.3. The zero-order chi connectivity index (χ0) is 9.68. The molecule has 0 amide bonds. The largest absolute Gasteiger partial charge is 0.350 e. The van der Waals surface area contributed by atoms with Crippen molar-refractivity contribution >= 4 is 29.0 Å². The second kappa shape index (κ2) is 4.77. The number of anilines is 1. The summed E-state index contributed by atoms with van der Waals surface area (Å²) in [5.41, 5.74) is 2.22. The Morgan fingerprint density at radius 1 is 1.38 bits per heavy atom. The van der Waals surface area contributed by atoms with E-state index in [0.717, 1.165) is 16.2 Å². The molecule has 0 saturated heterocycles. The van der Waals surface area contributed by atoms with Gasteiger partial charge in [0.1, 0.15) is 0 Å². The number of benzene rings is 1. The highest BCUT2D eigenvalue weighted by Crippen LogP contribution is 2.16. The summed E-state index contributed by atoms with van der Waals surface area (Å²) in [6.45, 7) is 3.88. The third kappa shape index (κ3) is 2.99. The summed E-state index contributed by atoms with van der Waals surface area (Å²) in [7, 11) is 0. The first-order chi connectivity index (χ1) is 6.24. The Morgan fingerprint density at radius 3 is 2.69 bits per heavy atom. The molecule has 1 nitrogen and oxygen atoms in total. The van der Waals surface area contributed by atoms with Gasteiger partial charge in [0.25, 0.3) is 0 Å². The monoisotopic (exact) mass is 191 g/mol. The number of rotatable bonds is 2. The van der Waals surface area contributed by atoms with Gasteiger partial charge in [-0.3, -0.25) is 0 Å². The maximum absolute atomic E-state index is 4.99. The minimum Gasteiger partial charge on any atom is -0.350 e. The van der Waals surface area contributed by atoms with E-state index in [2.05, 4.69) is 17.5 Å². The number of para-hydroxylation sites is 1.